The van der Waals surface area contributed by atoms with Crippen molar-refractivity contribution < 1.29 is 9.23 Å². The molecule has 1 aliphatic heterocycles. The normalized spacial score (nSPS) is 25.8. The Morgan fingerprint density at radius 1 is 1.50 bits per heavy atom. The fraction of sp³-hybridized carbons (Fsp3) is 0.300. The van der Waals surface area contributed by atoms with Crippen LogP contribution in [-0.2, 0) is 4.84 Å². The molecular formula is C10H11FN2O. The molecule has 0 saturated heterocycles. The van der Waals surface area contributed by atoms with E-state index in [1.807, 2.05) is 0 Å². The van der Waals surface area contributed by atoms with Gasteiger partial charge in [-0.25, -0.2) is 4.39 Å². The van der Waals surface area contributed by atoms with Crippen LogP contribution in [0.15, 0.2) is 29.4 Å². The van der Waals surface area contributed by atoms with Crippen molar-refractivity contribution in [2.75, 3.05) is 0 Å². The van der Waals surface area contributed by atoms with E-state index in [9.17, 15) is 4.39 Å². The highest BCUT2D eigenvalue weighted by Crippen LogP contribution is 2.26. The van der Waals surface area contributed by atoms with Crippen molar-refractivity contribution in [2.45, 2.75) is 19.1 Å². The molecular weight excluding hydrogens is 183 g/mol. The van der Waals surface area contributed by atoms with Gasteiger partial charge in [-0.15, -0.1) is 0 Å². The zero-order valence-electron chi connectivity index (χ0n) is 7.77. The van der Waals surface area contributed by atoms with Crippen LogP contribution in [0, 0.1) is 5.82 Å². The van der Waals surface area contributed by atoms with Crippen molar-refractivity contribution in [2.24, 2.45) is 10.9 Å². The minimum absolute atomic E-state index is 0.281. The minimum Gasteiger partial charge on any atom is -0.386 e. The first-order valence-electron chi connectivity index (χ1n) is 4.40. The van der Waals surface area contributed by atoms with Crippen LogP contribution >= 0.6 is 0 Å². The van der Waals surface area contributed by atoms with E-state index in [4.69, 9.17) is 10.6 Å². The Kier molecular flexibility index (Phi) is 2.21. The first-order valence-corrected chi connectivity index (χ1v) is 4.40. The van der Waals surface area contributed by atoms with Gasteiger partial charge in [-0.1, -0.05) is 17.3 Å². The summed E-state index contributed by atoms with van der Waals surface area (Å²) in [6, 6.07) is 5.93. The van der Waals surface area contributed by atoms with Crippen molar-refractivity contribution in [1.29, 1.82) is 0 Å². The van der Waals surface area contributed by atoms with Crippen molar-refractivity contribution in [3.05, 3.63) is 35.6 Å². The standard InChI is InChI=1S/C10H11FN2O/c1-6-9(12)10(14-13-6)7-3-2-4-8(11)5-7/h2-5,9-10H,12H2,1H3. The average molecular weight is 194 g/mol. The molecule has 1 aromatic carbocycles. The molecule has 1 aliphatic rings. The minimum atomic E-state index is -0.356. The molecule has 0 aliphatic carbocycles. The van der Waals surface area contributed by atoms with E-state index in [1.54, 1.807) is 19.1 Å². The summed E-state index contributed by atoms with van der Waals surface area (Å²) in [7, 11) is 0. The number of benzene rings is 1. The number of hydrogen-bond acceptors (Lipinski definition) is 3. The molecule has 1 heterocycles. The molecule has 0 amide bonds. The number of rotatable bonds is 1. The number of nitrogens with two attached hydrogens (primary N) is 1. The lowest BCUT2D eigenvalue weighted by atomic mass is 10.0. The van der Waals surface area contributed by atoms with Gasteiger partial charge in [-0.05, 0) is 24.6 Å². The van der Waals surface area contributed by atoms with E-state index >= 15 is 0 Å². The summed E-state index contributed by atoms with van der Waals surface area (Å²) in [6.45, 7) is 1.80. The van der Waals surface area contributed by atoms with Gasteiger partial charge in [0.2, 0.25) is 0 Å². The average Bonchev–Trinajstić information content (AvgIpc) is 2.48. The number of oxime groups is 1. The van der Waals surface area contributed by atoms with Crippen molar-refractivity contribution >= 4 is 5.71 Å². The molecule has 4 heteroatoms. The summed E-state index contributed by atoms with van der Waals surface area (Å²) >= 11 is 0. The van der Waals surface area contributed by atoms with Gasteiger partial charge in [0.05, 0.1) is 11.8 Å². The van der Waals surface area contributed by atoms with E-state index in [1.165, 1.54) is 12.1 Å². The van der Waals surface area contributed by atoms with E-state index < -0.39 is 0 Å². The predicted octanol–water partition coefficient (Wildman–Crippen LogP) is 1.60. The third-order valence-corrected chi connectivity index (χ3v) is 2.30. The van der Waals surface area contributed by atoms with Crippen molar-refractivity contribution in [1.82, 2.24) is 0 Å². The van der Waals surface area contributed by atoms with Crippen LogP contribution in [-0.4, -0.2) is 11.8 Å². The van der Waals surface area contributed by atoms with Crippen LogP contribution in [0.4, 0.5) is 4.39 Å². The molecule has 2 rings (SSSR count). The van der Waals surface area contributed by atoms with Gasteiger partial charge in [0, 0.05) is 0 Å². The lowest BCUT2D eigenvalue weighted by Gasteiger charge is -2.13. The van der Waals surface area contributed by atoms with Gasteiger partial charge in [-0.3, -0.25) is 0 Å². The molecule has 0 aromatic heterocycles. The van der Waals surface area contributed by atoms with Gasteiger partial charge in [0.15, 0.2) is 6.10 Å². The molecule has 0 bridgehead atoms. The zero-order chi connectivity index (χ0) is 10.1. The van der Waals surface area contributed by atoms with Crippen LogP contribution in [0.1, 0.15) is 18.6 Å². The SMILES string of the molecule is CC1=NOC(c2cccc(F)c2)C1N. The molecule has 2 unspecified atom stereocenters. The third kappa shape index (κ3) is 1.48. The number of halogens is 1. The highest BCUT2D eigenvalue weighted by Gasteiger charge is 2.29. The van der Waals surface area contributed by atoms with Crippen LogP contribution in [0.5, 0.6) is 0 Å². The third-order valence-electron chi connectivity index (χ3n) is 2.30. The number of hydrogen-bond donors (Lipinski definition) is 1. The van der Waals surface area contributed by atoms with Crippen LogP contribution in [0.3, 0.4) is 0 Å². The lowest BCUT2D eigenvalue weighted by molar-refractivity contribution is 0.0771. The summed E-state index contributed by atoms with van der Waals surface area (Å²) in [6.07, 6.45) is -0.356. The summed E-state index contributed by atoms with van der Waals surface area (Å²) in [5.74, 6) is -0.289. The molecule has 1 aromatic rings. The molecule has 0 radical (unpaired) electrons. The molecule has 2 N–H and O–H groups in total. The molecule has 14 heavy (non-hydrogen) atoms. The van der Waals surface area contributed by atoms with E-state index in [0.29, 0.717) is 0 Å². The fourth-order valence-corrected chi connectivity index (χ4v) is 1.44. The van der Waals surface area contributed by atoms with Gasteiger partial charge < -0.3 is 10.6 Å². The highest BCUT2D eigenvalue weighted by molar-refractivity contribution is 5.88. The van der Waals surface area contributed by atoms with E-state index in [0.717, 1.165) is 11.3 Å². The molecule has 3 nitrogen and oxygen atoms in total. The maximum atomic E-state index is 12.9. The Morgan fingerprint density at radius 3 is 2.86 bits per heavy atom. The van der Waals surface area contributed by atoms with E-state index in [-0.39, 0.29) is 18.0 Å². The smallest absolute Gasteiger partial charge is 0.173 e. The lowest BCUT2D eigenvalue weighted by Crippen LogP contribution is -2.31. The molecule has 0 saturated carbocycles. The van der Waals surface area contributed by atoms with Crippen molar-refractivity contribution in [3.8, 4) is 0 Å². The van der Waals surface area contributed by atoms with Gasteiger partial charge in [-0.2, -0.15) is 0 Å². The Hall–Kier alpha value is -1.42. The summed E-state index contributed by atoms with van der Waals surface area (Å²) in [4.78, 5) is 5.11. The summed E-state index contributed by atoms with van der Waals surface area (Å²) in [5, 5.41) is 3.77. The Balaban J connectivity index is 2.26. The monoisotopic (exact) mass is 194 g/mol. The molecule has 0 fully saturated rings. The van der Waals surface area contributed by atoms with Crippen molar-refractivity contribution in [3.63, 3.8) is 0 Å². The Bertz CT molecular complexity index is 378. The first-order chi connectivity index (χ1) is 6.68. The van der Waals surface area contributed by atoms with Crippen LogP contribution in [0.25, 0.3) is 0 Å². The maximum absolute atomic E-state index is 12.9. The predicted molar refractivity (Wildman–Crippen MR) is 51.3 cm³/mol. The Labute approximate surface area is 81.4 Å². The second kappa shape index (κ2) is 3.38. The first kappa shape index (κ1) is 9.15. The fourth-order valence-electron chi connectivity index (χ4n) is 1.44. The zero-order valence-corrected chi connectivity index (χ0v) is 7.77. The Morgan fingerprint density at radius 2 is 2.29 bits per heavy atom. The van der Waals surface area contributed by atoms with Crippen LogP contribution in [0.2, 0.25) is 0 Å². The van der Waals surface area contributed by atoms with E-state index in [2.05, 4.69) is 5.16 Å². The second-order valence-electron chi connectivity index (χ2n) is 3.34. The van der Waals surface area contributed by atoms with Gasteiger partial charge in [0.25, 0.3) is 0 Å². The molecule has 74 valence electrons. The van der Waals surface area contributed by atoms with Crippen LogP contribution < -0.4 is 5.73 Å². The molecule has 0 spiro atoms. The topological polar surface area (TPSA) is 47.6 Å². The molecule has 2 atom stereocenters. The van der Waals surface area contributed by atoms with Gasteiger partial charge >= 0.3 is 0 Å². The maximum Gasteiger partial charge on any atom is 0.173 e. The van der Waals surface area contributed by atoms with Gasteiger partial charge in [0.1, 0.15) is 5.82 Å². The second-order valence-corrected chi connectivity index (χ2v) is 3.34. The largest absolute Gasteiger partial charge is 0.386 e. The summed E-state index contributed by atoms with van der Waals surface area (Å²) in [5.41, 5.74) is 7.28. The highest BCUT2D eigenvalue weighted by atomic mass is 19.1. The number of nitrogens with zero attached hydrogens (tertiary/aromatic N) is 1. The quantitative estimate of drug-likeness (QED) is 0.738. The summed E-state index contributed by atoms with van der Waals surface area (Å²) < 4.78 is 12.9.